The van der Waals surface area contributed by atoms with E-state index < -0.39 is 97.5 Å². The molecule has 0 bridgehead atoms. The summed E-state index contributed by atoms with van der Waals surface area (Å²) in [4.78, 5) is 72.9. The maximum atomic E-state index is 13.1. The lowest BCUT2D eigenvalue weighted by molar-refractivity contribution is -0.161. The summed E-state index contributed by atoms with van der Waals surface area (Å²) in [7, 11) is -9.95. The number of hydrogen-bond acceptors (Lipinski definition) is 15. The third kappa shape index (κ3) is 72.6. The Kier molecular flexibility index (Phi) is 70.8. The Labute approximate surface area is 608 Å². The highest BCUT2D eigenvalue weighted by molar-refractivity contribution is 7.47. The van der Waals surface area contributed by atoms with Crippen LogP contribution in [0.25, 0.3) is 0 Å². The number of carbonyl (C=O) groups excluding carboxylic acids is 4. The van der Waals surface area contributed by atoms with Gasteiger partial charge in [-0.2, -0.15) is 0 Å². The molecule has 3 N–H and O–H groups in total. The molecule has 580 valence electrons. The maximum Gasteiger partial charge on any atom is 0.472 e. The van der Waals surface area contributed by atoms with Crippen molar-refractivity contribution in [3.63, 3.8) is 0 Å². The summed E-state index contributed by atoms with van der Waals surface area (Å²) in [6.45, 7) is 4.76. The van der Waals surface area contributed by atoms with Crippen LogP contribution < -0.4 is 0 Å². The second-order valence-electron chi connectivity index (χ2n) is 26.7. The van der Waals surface area contributed by atoms with Crippen LogP contribution in [0.2, 0.25) is 0 Å². The highest BCUT2D eigenvalue weighted by atomic mass is 31.2. The first-order chi connectivity index (χ1) is 48.7. The number of aliphatic hydroxyl groups is 1. The largest absolute Gasteiger partial charge is 0.472 e. The molecule has 100 heavy (non-hydrogen) atoms. The predicted molar refractivity (Wildman–Crippen MR) is 409 cm³/mol. The summed E-state index contributed by atoms with van der Waals surface area (Å²) < 4.78 is 68.5. The molecule has 0 aromatic rings. The SMILES string of the molecule is CCC/C=C\C/C=C\CCCCCCCC(=O)OC(COC(=O)CCCCCCCC/C=C\C/C=C\C/C=C\CCCCC)COP(=O)(O)OCC(O)COP(=O)(O)OCC(COC(=O)CCCCCCC/C=C\C/C=C\CCCCC)OC(=O)CCCCCCCCCCCCCCC. The minimum absolute atomic E-state index is 0.0767. The van der Waals surface area contributed by atoms with Gasteiger partial charge in [0.1, 0.15) is 19.3 Å². The van der Waals surface area contributed by atoms with Gasteiger partial charge in [0, 0.05) is 25.7 Å². The van der Waals surface area contributed by atoms with E-state index in [2.05, 4.69) is 113 Å². The van der Waals surface area contributed by atoms with Gasteiger partial charge in [-0.05, 0) is 122 Å². The van der Waals surface area contributed by atoms with E-state index in [0.29, 0.717) is 25.7 Å². The summed E-state index contributed by atoms with van der Waals surface area (Å²) in [6.07, 6.45) is 75.6. The second kappa shape index (κ2) is 73.5. The van der Waals surface area contributed by atoms with E-state index in [4.69, 9.17) is 37.0 Å². The first-order valence-electron chi connectivity index (χ1n) is 39.8. The first-order valence-corrected chi connectivity index (χ1v) is 42.8. The first kappa shape index (κ1) is 96.2. The molecule has 5 unspecified atom stereocenters. The Balaban J connectivity index is 5.33. The number of unbranched alkanes of at least 4 members (excludes halogenated alkanes) is 35. The van der Waals surface area contributed by atoms with E-state index in [-0.39, 0.29) is 25.7 Å². The quantitative estimate of drug-likeness (QED) is 0.0169. The van der Waals surface area contributed by atoms with E-state index in [0.717, 1.165) is 180 Å². The Morgan fingerprint density at radius 1 is 0.280 bits per heavy atom. The molecule has 19 heteroatoms. The fraction of sp³-hybridized carbons (Fsp3) is 0.778. The van der Waals surface area contributed by atoms with Crippen LogP contribution in [0.1, 0.15) is 349 Å². The van der Waals surface area contributed by atoms with Gasteiger partial charge >= 0.3 is 39.5 Å². The van der Waals surface area contributed by atoms with Crippen LogP contribution in [-0.4, -0.2) is 96.7 Å². The van der Waals surface area contributed by atoms with Gasteiger partial charge in [0.05, 0.1) is 26.4 Å². The third-order valence-corrected chi connectivity index (χ3v) is 18.7. The summed E-state index contributed by atoms with van der Waals surface area (Å²) in [5, 5.41) is 10.6. The molecule has 0 spiro atoms. The molecule has 0 amide bonds. The van der Waals surface area contributed by atoms with Crippen molar-refractivity contribution in [2.75, 3.05) is 39.6 Å². The minimum atomic E-state index is -4.98. The van der Waals surface area contributed by atoms with Crippen LogP contribution >= 0.6 is 15.6 Å². The molecule has 0 fully saturated rings. The average molecular weight is 1450 g/mol. The Hall–Kier alpha value is -3.76. The number of esters is 4. The molecule has 0 rings (SSSR count). The highest BCUT2D eigenvalue weighted by Crippen LogP contribution is 2.45. The van der Waals surface area contributed by atoms with Gasteiger partial charge in [0.25, 0.3) is 0 Å². The topological polar surface area (TPSA) is 237 Å². The Morgan fingerprint density at radius 2 is 0.510 bits per heavy atom. The number of ether oxygens (including phenoxy) is 4. The van der Waals surface area contributed by atoms with Crippen molar-refractivity contribution in [2.24, 2.45) is 0 Å². The minimum Gasteiger partial charge on any atom is -0.462 e. The number of phosphoric ester groups is 2. The number of phosphoric acid groups is 2. The number of hydrogen-bond donors (Lipinski definition) is 3. The van der Waals surface area contributed by atoms with Gasteiger partial charge in [-0.3, -0.25) is 37.3 Å². The van der Waals surface area contributed by atoms with E-state index >= 15 is 0 Å². The molecule has 0 radical (unpaired) electrons. The lowest BCUT2D eigenvalue weighted by Crippen LogP contribution is -2.30. The fourth-order valence-electron chi connectivity index (χ4n) is 10.7. The monoisotopic (exact) mass is 1450 g/mol. The standard InChI is InChI=1S/C81H144O17P2/c1-5-9-13-17-21-25-29-33-35-36-37-38-40-44-46-50-54-58-62-66-79(84)92-72-77(98-81(86)68-64-60-56-52-48-42-32-28-24-20-16-12-8-4)74-96-100(89,90)94-70-75(82)69-93-99(87,88)95-73-76(97-80(85)67-63-59-55-51-47-41-31-27-23-19-15-11-7-3)71-91-78(83)65-61-57-53-49-45-43-39-34-30-26-22-18-14-10-6-2/h16,20-22,25-26,28,32-35,37-39,75-77,82H,5-15,17-19,23-24,27,29-31,36,40-74H2,1-4H3,(H,87,88)(H,89,90)/b20-16-,25-21-,26-22-,32-28-,35-33-,38-37-,39-34-. The van der Waals surface area contributed by atoms with Crippen LogP contribution in [0.3, 0.4) is 0 Å². The molecule has 0 aliphatic carbocycles. The molecule has 0 saturated heterocycles. The number of allylic oxidation sites excluding steroid dienone is 14. The molecule has 0 aromatic carbocycles. The number of rotatable bonds is 75. The maximum absolute atomic E-state index is 13.1. The molecule has 17 nitrogen and oxygen atoms in total. The van der Waals surface area contributed by atoms with Gasteiger partial charge < -0.3 is 33.8 Å². The van der Waals surface area contributed by atoms with Crippen LogP contribution in [0.15, 0.2) is 85.1 Å². The van der Waals surface area contributed by atoms with E-state index in [1.54, 1.807) is 0 Å². The zero-order valence-corrected chi connectivity index (χ0v) is 65.2. The fourth-order valence-corrected chi connectivity index (χ4v) is 12.3. The number of carbonyl (C=O) groups is 4. The summed E-state index contributed by atoms with van der Waals surface area (Å²) >= 11 is 0. The lowest BCUT2D eigenvalue weighted by Gasteiger charge is -2.21. The van der Waals surface area contributed by atoms with Gasteiger partial charge in [-0.15, -0.1) is 0 Å². The van der Waals surface area contributed by atoms with Crippen LogP contribution in [-0.2, 0) is 65.4 Å². The molecule has 5 atom stereocenters. The summed E-state index contributed by atoms with van der Waals surface area (Å²) in [5.41, 5.74) is 0. The Bertz CT molecular complexity index is 2230. The molecule has 0 aliphatic rings. The Morgan fingerprint density at radius 3 is 0.810 bits per heavy atom. The van der Waals surface area contributed by atoms with Crippen LogP contribution in [0.5, 0.6) is 0 Å². The van der Waals surface area contributed by atoms with Crippen molar-refractivity contribution in [2.45, 2.75) is 367 Å². The van der Waals surface area contributed by atoms with E-state index in [9.17, 15) is 43.2 Å². The average Bonchev–Trinajstić information content (AvgIpc) is 0.946. The summed E-state index contributed by atoms with van der Waals surface area (Å²) in [5.74, 6) is -2.20. The molecular weight excluding hydrogens is 1310 g/mol. The molecule has 0 heterocycles. The van der Waals surface area contributed by atoms with Crippen molar-refractivity contribution < 1.29 is 80.2 Å². The van der Waals surface area contributed by atoms with E-state index in [1.807, 2.05) is 0 Å². The zero-order valence-electron chi connectivity index (χ0n) is 63.4. The zero-order chi connectivity index (χ0) is 73.2. The summed E-state index contributed by atoms with van der Waals surface area (Å²) in [6, 6.07) is 0. The highest BCUT2D eigenvalue weighted by Gasteiger charge is 2.30. The third-order valence-electron chi connectivity index (χ3n) is 16.8. The smallest absolute Gasteiger partial charge is 0.462 e. The lowest BCUT2D eigenvalue weighted by atomic mass is 10.0. The van der Waals surface area contributed by atoms with Gasteiger partial charge in [-0.1, -0.05) is 286 Å². The predicted octanol–water partition coefficient (Wildman–Crippen LogP) is 23.0. The van der Waals surface area contributed by atoms with Crippen molar-refractivity contribution in [1.82, 2.24) is 0 Å². The van der Waals surface area contributed by atoms with Crippen molar-refractivity contribution in [3.8, 4) is 0 Å². The normalized spacial score (nSPS) is 14.3. The van der Waals surface area contributed by atoms with E-state index in [1.165, 1.54) is 89.9 Å². The number of aliphatic hydroxyl groups excluding tert-OH is 1. The van der Waals surface area contributed by atoms with Crippen molar-refractivity contribution >= 4 is 39.5 Å². The van der Waals surface area contributed by atoms with Crippen molar-refractivity contribution in [3.05, 3.63) is 85.1 Å². The molecular formula is C81H144O17P2. The molecule has 0 aromatic heterocycles. The second-order valence-corrected chi connectivity index (χ2v) is 29.6. The van der Waals surface area contributed by atoms with Gasteiger partial charge in [0.2, 0.25) is 0 Å². The van der Waals surface area contributed by atoms with Crippen LogP contribution in [0.4, 0.5) is 0 Å². The molecule has 0 aliphatic heterocycles. The van der Waals surface area contributed by atoms with Gasteiger partial charge in [0.15, 0.2) is 12.2 Å². The van der Waals surface area contributed by atoms with Gasteiger partial charge in [-0.25, -0.2) is 9.13 Å². The molecule has 0 saturated carbocycles. The van der Waals surface area contributed by atoms with Crippen LogP contribution in [0, 0.1) is 0 Å². The van der Waals surface area contributed by atoms with Crippen molar-refractivity contribution in [1.29, 1.82) is 0 Å².